The number of ketones is 1. The molecule has 0 aliphatic carbocycles. The number of hydrogen-bond acceptors (Lipinski definition) is 6. The zero-order valence-corrected chi connectivity index (χ0v) is 18.0. The van der Waals surface area contributed by atoms with Gasteiger partial charge in [0.2, 0.25) is 10.0 Å². The van der Waals surface area contributed by atoms with E-state index in [1.54, 1.807) is 39.0 Å². The molecule has 0 spiro atoms. The standard InChI is InChI=1S/C19H25ClN2O5S/c1-5-16-15(12-21(3)4)18(23)11-17(19(24)27-6-2)22(16)28(25,26)14-9-7-13(20)8-10-14/h7-10,12,16-17H,5-6,11H2,1-4H3. The first-order valence-corrected chi connectivity index (χ1v) is 10.8. The van der Waals surface area contributed by atoms with Crippen molar-refractivity contribution in [2.24, 2.45) is 0 Å². The number of halogens is 1. The van der Waals surface area contributed by atoms with Gasteiger partial charge in [-0.25, -0.2) is 8.42 Å². The van der Waals surface area contributed by atoms with E-state index in [1.807, 2.05) is 0 Å². The molecule has 28 heavy (non-hydrogen) atoms. The van der Waals surface area contributed by atoms with Gasteiger partial charge >= 0.3 is 5.97 Å². The number of nitrogens with zero attached hydrogens (tertiary/aromatic N) is 2. The van der Waals surface area contributed by atoms with Crippen LogP contribution in [0, 0.1) is 0 Å². The lowest BCUT2D eigenvalue weighted by Crippen LogP contribution is -2.57. The number of esters is 1. The van der Waals surface area contributed by atoms with Crippen LogP contribution in [0.25, 0.3) is 0 Å². The molecule has 1 aromatic carbocycles. The molecule has 0 bridgehead atoms. The van der Waals surface area contributed by atoms with E-state index < -0.39 is 28.1 Å². The van der Waals surface area contributed by atoms with E-state index in [4.69, 9.17) is 16.3 Å². The van der Waals surface area contributed by atoms with Gasteiger partial charge in [-0.15, -0.1) is 0 Å². The molecule has 0 aromatic heterocycles. The number of hydrogen-bond donors (Lipinski definition) is 0. The summed E-state index contributed by atoms with van der Waals surface area (Å²) >= 11 is 5.88. The van der Waals surface area contributed by atoms with Crippen LogP contribution in [0.5, 0.6) is 0 Å². The molecule has 0 radical (unpaired) electrons. The Hall–Kier alpha value is -1.90. The van der Waals surface area contributed by atoms with E-state index in [0.29, 0.717) is 17.0 Å². The largest absolute Gasteiger partial charge is 0.465 e. The summed E-state index contributed by atoms with van der Waals surface area (Å²) in [7, 11) is -0.578. The van der Waals surface area contributed by atoms with Gasteiger partial charge in [-0.05, 0) is 37.6 Å². The van der Waals surface area contributed by atoms with Gasteiger partial charge in [0.25, 0.3) is 0 Å². The van der Waals surface area contributed by atoms with Crippen LogP contribution in [0.4, 0.5) is 0 Å². The Morgan fingerprint density at radius 2 is 1.89 bits per heavy atom. The van der Waals surface area contributed by atoms with E-state index in [-0.39, 0.29) is 23.7 Å². The number of piperidine rings is 1. The normalized spacial score (nSPS) is 22.3. The SMILES string of the molecule is CCOC(=O)C1CC(=O)C(=CN(C)C)C(CC)N1S(=O)(=O)c1ccc(Cl)cc1. The number of rotatable bonds is 6. The predicted molar refractivity (Wildman–Crippen MR) is 106 cm³/mol. The highest BCUT2D eigenvalue weighted by atomic mass is 35.5. The van der Waals surface area contributed by atoms with Crippen LogP contribution in [-0.4, -0.2) is 62.2 Å². The Labute approximate surface area is 171 Å². The molecule has 2 rings (SSSR count). The summed E-state index contributed by atoms with van der Waals surface area (Å²) < 4.78 is 33.1. The maximum absolute atomic E-state index is 13.4. The minimum Gasteiger partial charge on any atom is -0.465 e. The van der Waals surface area contributed by atoms with E-state index >= 15 is 0 Å². The van der Waals surface area contributed by atoms with E-state index in [0.717, 1.165) is 4.31 Å². The second-order valence-electron chi connectivity index (χ2n) is 6.66. The summed E-state index contributed by atoms with van der Waals surface area (Å²) in [5.74, 6) is -0.989. The summed E-state index contributed by atoms with van der Waals surface area (Å²) in [6, 6.07) is 3.73. The van der Waals surface area contributed by atoms with Crippen molar-refractivity contribution in [3.05, 3.63) is 41.1 Å². The molecule has 1 saturated heterocycles. The third-order valence-corrected chi connectivity index (χ3v) is 6.59. The van der Waals surface area contributed by atoms with Crippen LogP contribution in [0.2, 0.25) is 5.02 Å². The molecule has 1 fully saturated rings. The molecule has 1 aliphatic rings. The summed E-state index contributed by atoms with van der Waals surface area (Å²) in [6.07, 6.45) is 1.68. The smallest absolute Gasteiger partial charge is 0.324 e. The van der Waals surface area contributed by atoms with Crippen molar-refractivity contribution in [2.75, 3.05) is 20.7 Å². The topological polar surface area (TPSA) is 84.0 Å². The Morgan fingerprint density at radius 3 is 2.39 bits per heavy atom. The summed E-state index contributed by atoms with van der Waals surface area (Å²) in [5.41, 5.74) is 0.352. The molecular formula is C19H25ClN2O5S. The molecule has 0 amide bonds. The van der Waals surface area contributed by atoms with Crippen molar-refractivity contribution >= 4 is 33.4 Å². The van der Waals surface area contributed by atoms with E-state index in [2.05, 4.69) is 0 Å². The van der Waals surface area contributed by atoms with Crippen molar-refractivity contribution in [3.63, 3.8) is 0 Å². The highest BCUT2D eigenvalue weighted by Gasteiger charge is 2.48. The van der Waals surface area contributed by atoms with Crippen molar-refractivity contribution in [3.8, 4) is 0 Å². The lowest BCUT2D eigenvalue weighted by Gasteiger charge is -2.40. The Morgan fingerprint density at radius 1 is 1.29 bits per heavy atom. The number of Topliss-reactive ketones (excluding diaryl/α,β-unsaturated/α-hetero) is 1. The highest BCUT2D eigenvalue weighted by molar-refractivity contribution is 7.89. The highest BCUT2D eigenvalue weighted by Crippen LogP contribution is 2.34. The van der Waals surface area contributed by atoms with Gasteiger partial charge in [0.15, 0.2) is 5.78 Å². The second-order valence-corrected chi connectivity index (χ2v) is 8.94. The third kappa shape index (κ3) is 4.56. The molecule has 7 nitrogen and oxygen atoms in total. The number of sulfonamides is 1. The average Bonchev–Trinajstić information content (AvgIpc) is 2.62. The van der Waals surface area contributed by atoms with Crippen molar-refractivity contribution < 1.29 is 22.7 Å². The molecule has 154 valence electrons. The van der Waals surface area contributed by atoms with Gasteiger partial charge in [-0.2, -0.15) is 4.31 Å². The van der Waals surface area contributed by atoms with Crippen molar-refractivity contribution in [1.82, 2.24) is 9.21 Å². The monoisotopic (exact) mass is 428 g/mol. The molecule has 2 unspecified atom stereocenters. The van der Waals surface area contributed by atoms with Gasteiger partial charge in [-0.3, -0.25) is 9.59 Å². The summed E-state index contributed by atoms with van der Waals surface area (Å²) in [6.45, 7) is 3.50. The Kier molecular flexibility index (Phi) is 7.25. The first-order valence-electron chi connectivity index (χ1n) is 9.00. The zero-order valence-electron chi connectivity index (χ0n) is 16.4. The van der Waals surface area contributed by atoms with E-state index in [1.165, 1.54) is 24.3 Å². The van der Waals surface area contributed by atoms with E-state index in [9.17, 15) is 18.0 Å². The first-order chi connectivity index (χ1) is 13.1. The van der Waals surface area contributed by atoms with Crippen LogP contribution in [0.15, 0.2) is 40.9 Å². The quantitative estimate of drug-likeness (QED) is 0.511. The molecule has 9 heteroatoms. The van der Waals surface area contributed by atoms with Crippen LogP contribution in [0.3, 0.4) is 0 Å². The zero-order chi connectivity index (χ0) is 21.1. The maximum Gasteiger partial charge on any atom is 0.324 e. The predicted octanol–water partition coefficient (Wildman–Crippen LogP) is 2.46. The minimum absolute atomic E-state index is 0.00296. The number of carbonyl (C=O) groups excluding carboxylic acids is 2. The van der Waals surface area contributed by atoms with Gasteiger partial charge in [0, 0.05) is 37.3 Å². The molecule has 1 aliphatic heterocycles. The number of ether oxygens (including phenoxy) is 1. The van der Waals surface area contributed by atoms with Crippen LogP contribution >= 0.6 is 11.6 Å². The van der Waals surface area contributed by atoms with Crippen molar-refractivity contribution in [2.45, 2.75) is 43.7 Å². The van der Waals surface area contributed by atoms with Crippen LogP contribution < -0.4 is 0 Å². The fraction of sp³-hybridized carbons (Fsp3) is 0.474. The maximum atomic E-state index is 13.4. The lowest BCUT2D eigenvalue weighted by molar-refractivity contribution is -0.150. The molecule has 1 aromatic rings. The number of benzene rings is 1. The van der Waals surface area contributed by atoms with Crippen LogP contribution in [0.1, 0.15) is 26.7 Å². The van der Waals surface area contributed by atoms with Crippen molar-refractivity contribution in [1.29, 1.82) is 0 Å². The van der Waals surface area contributed by atoms with Gasteiger partial charge < -0.3 is 9.64 Å². The first kappa shape index (κ1) is 22.4. The average molecular weight is 429 g/mol. The molecule has 1 heterocycles. The second kappa shape index (κ2) is 9.07. The minimum atomic E-state index is -4.08. The lowest BCUT2D eigenvalue weighted by atomic mass is 9.90. The number of carbonyl (C=O) groups is 2. The van der Waals surface area contributed by atoms with Gasteiger partial charge in [0.05, 0.1) is 17.5 Å². The van der Waals surface area contributed by atoms with Crippen LogP contribution in [-0.2, 0) is 24.3 Å². The Balaban J connectivity index is 2.64. The summed E-state index contributed by atoms with van der Waals surface area (Å²) in [4.78, 5) is 27.0. The fourth-order valence-electron chi connectivity index (χ4n) is 3.25. The molecular weight excluding hydrogens is 404 g/mol. The third-order valence-electron chi connectivity index (χ3n) is 4.41. The van der Waals surface area contributed by atoms with Gasteiger partial charge in [0.1, 0.15) is 6.04 Å². The fourth-order valence-corrected chi connectivity index (χ4v) is 5.19. The molecule has 2 atom stereocenters. The molecule has 0 saturated carbocycles. The van der Waals surface area contributed by atoms with Gasteiger partial charge in [-0.1, -0.05) is 18.5 Å². The summed E-state index contributed by atoms with van der Waals surface area (Å²) in [5, 5.41) is 0.398. The Bertz CT molecular complexity index is 865. The molecule has 0 N–H and O–H groups in total.